The lowest BCUT2D eigenvalue weighted by Gasteiger charge is -2.14. The fourth-order valence-electron chi connectivity index (χ4n) is 2.01. The Hall–Kier alpha value is -2.13. The van der Waals surface area contributed by atoms with Crippen molar-refractivity contribution in [1.82, 2.24) is 9.97 Å². The predicted molar refractivity (Wildman–Crippen MR) is 105 cm³/mol. The maximum atomic E-state index is 12.5. The summed E-state index contributed by atoms with van der Waals surface area (Å²) in [6.07, 6.45) is 1.90. The van der Waals surface area contributed by atoms with Crippen molar-refractivity contribution in [3.8, 4) is 0 Å². The Kier molecular flexibility index (Phi) is 7.40. The van der Waals surface area contributed by atoms with Gasteiger partial charge in [0.25, 0.3) is 0 Å². The summed E-state index contributed by atoms with van der Waals surface area (Å²) in [5, 5.41) is 2.79. The Morgan fingerprint density at radius 2 is 2.00 bits per heavy atom. The highest BCUT2D eigenvalue weighted by molar-refractivity contribution is 9.10. The van der Waals surface area contributed by atoms with Gasteiger partial charge in [0.15, 0.2) is 5.16 Å². The second-order valence-corrected chi connectivity index (χ2v) is 7.27. The molecule has 138 valence electrons. The van der Waals surface area contributed by atoms with Crippen LogP contribution in [0.4, 0.5) is 11.5 Å². The van der Waals surface area contributed by atoms with Crippen LogP contribution in [0.1, 0.15) is 30.6 Å². The van der Waals surface area contributed by atoms with E-state index in [0.717, 1.165) is 4.47 Å². The number of amides is 1. The molecule has 0 aliphatic rings. The smallest absolute Gasteiger partial charge is 0.343 e. The van der Waals surface area contributed by atoms with E-state index in [0.29, 0.717) is 17.3 Å². The molecule has 0 fully saturated rings. The molecule has 9 heteroatoms. The number of hydrogen-bond acceptors (Lipinski definition) is 7. The van der Waals surface area contributed by atoms with E-state index in [9.17, 15) is 9.59 Å². The molecule has 26 heavy (non-hydrogen) atoms. The minimum atomic E-state index is -0.568. The molecule has 0 bridgehead atoms. The van der Waals surface area contributed by atoms with E-state index in [1.54, 1.807) is 6.92 Å². The third kappa shape index (κ3) is 5.43. The summed E-state index contributed by atoms with van der Waals surface area (Å²) in [5.41, 5.74) is 6.63. The Balaban J connectivity index is 2.06. The first-order chi connectivity index (χ1) is 12.4. The summed E-state index contributed by atoms with van der Waals surface area (Å²) in [5.74, 6) is -0.692. The molecule has 1 atom stereocenters. The van der Waals surface area contributed by atoms with E-state index in [1.165, 1.54) is 18.0 Å². The van der Waals surface area contributed by atoms with Gasteiger partial charge in [-0.2, -0.15) is 0 Å². The molecule has 1 heterocycles. The molecule has 1 amide bonds. The van der Waals surface area contributed by atoms with Crippen molar-refractivity contribution in [2.75, 3.05) is 17.7 Å². The topological polar surface area (TPSA) is 107 Å². The van der Waals surface area contributed by atoms with Crippen LogP contribution in [-0.4, -0.2) is 33.7 Å². The molecule has 0 spiro atoms. The first-order valence-corrected chi connectivity index (χ1v) is 9.64. The second kappa shape index (κ2) is 9.54. The Morgan fingerprint density at radius 3 is 2.58 bits per heavy atom. The van der Waals surface area contributed by atoms with Crippen molar-refractivity contribution in [3.63, 3.8) is 0 Å². The standard InChI is InChI=1S/C17H19BrN4O3S/c1-3-13(15(23)21-11-7-5-10(18)6-8-11)26-17-20-9-12(14(19)22-17)16(24)25-4-2/h5-9,13H,3-4H2,1-2H3,(H,21,23)(H2,19,20,22). The normalized spacial score (nSPS) is 11.7. The highest BCUT2D eigenvalue weighted by Crippen LogP contribution is 2.25. The summed E-state index contributed by atoms with van der Waals surface area (Å²) < 4.78 is 5.82. The van der Waals surface area contributed by atoms with Gasteiger partial charge in [0.1, 0.15) is 11.4 Å². The third-order valence-corrected chi connectivity index (χ3v) is 5.08. The minimum Gasteiger partial charge on any atom is -0.462 e. The van der Waals surface area contributed by atoms with E-state index in [-0.39, 0.29) is 23.9 Å². The van der Waals surface area contributed by atoms with Crippen molar-refractivity contribution in [2.24, 2.45) is 0 Å². The molecule has 1 aromatic carbocycles. The van der Waals surface area contributed by atoms with E-state index < -0.39 is 11.2 Å². The van der Waals surface area contributed by atoms with Crippen molar-refractivity contribution < 1.29 is 14.3 Å². The number of halogens is 1. The maximum Gasteiger partial charge on any atom is 0.343 e. The van der Waals surface area contributed by atoms with Crippen LogP contribution >= 0.6 is 27.7 Å². The fourth-order valence-corrected chi connectivity index (χ4v) is 3.12. The zero-order valence-corrected chi connectivity index (χ0v) is 16.8. The fraction of sp³-hybridized carbons (Fsp3) is 0.294. The van der Waals surface area contributed by atoms with Gasteiger partial charge < -0.3 is 15.8 Å². The summed E-state index contributed by atoms with van der Waals surface area (Å²) >= 11 is 4.54. The number of nitrogens with two attached hydrogens (primary N) is 1. The number of anilines is 2. The van der Waals surface area contributed by atoms with Gasteiger partial charge in [-0.3, -0.25) is 4.79 Å². The number of thioether (sulfide) groups is 1. The Bertz CT molecular complexity index is 786. The number of nitrogens with zero attached hydrogens (tertiary/aromatic N) is 2. The number of hydrogen-bond donors (Lipinski definition) is 2. The molecule has 0 saturated heterocycles. The number of aromatic nitrogens is 2. The van der Waals surface area contributed by atoms with E-state index in [2.05, 4.69) is 31.2 Å². The van der Waals surface area contributed by atoms with Gasteiger partial charge in [0.2, 0.25) is 5.91 Å². The van der Waals surface area contributed by atoms with Crippen LogP contribution in [0.15, 0.2) is 40.1 Å². The quantitative estimate of drug-likeness (QED) is 0.386. The lowest BCUT2D eigenvalue weighted by atomic mass is 10.3. The molecular formula is C17H19BrN4O3S. The molecule has 1 aromatic heterocycles. The maximum absolute atomic E-state index is 12.5. The van der Waals surface area contributed by atoms with Gasteiger partial charge in [-0.15, -0.1) is 0 Å². The highest BCUT2D eigenvalue weighted by atomic mass is 79.9. The molecule has 0 aliphatic carbocycles. The van der Waals surface area contributed by atoms with Gasteiger partial charge >= 0.3 is 5.97 Å². The van der Waals surface area contributed by atoms with Crippen LogP contribution < -0.4 is 11.1 Å². The SMILES string of the molecule is CCOC(=O)c1cnc(SC(CC)C(=O)Nc2ccc(Br)cc2)nc1N. The third-order valence-electron chi connectivity index (χ3n) is 3.31. The van der Waals surface area contributed by atoms with Crippen molar-refractivity contribution in [2.45, 2.75) is 30.7 Å². The number of ether oxygens (including phenoxy) is 1. The molecule has 0 saturated carbocycles. The lowest BCUT2D eigenvalue weighted by Crippen LogP contribution is -2.25. The molecule has 3 N–H and O–H groups in total. The Labute approximate surface area is 164 Å². The van der Waals surface area contributed by atoms with Crippen LogP contribution in [-0.2, 0) is 9.53 Å². The van der Waals surface area contributed by atoms with Gasteiger partial charge in [0, 0.05) is 16.4 Å². The first-order valence-electron chi connectivity index (χ1n) is 7.97. The summed E-state index contributed by atoms with van der Waals surface area (Å²) in [6, 6.07) is 7.31. The van der Waals surface area contributed by atoms with E-state index in [4.69, 9.17) is 10.5 Å². The number of carbonyl (C=O) groups is 2. The Morgan fingerprint density at radius 1 is 1.31 bits per heavy atom. The molecule has 2 rings (SSSR count). The average Bonchev–Trinajstić information content (AvgIpc) is 2.61. The van der Waals surface area contributed by atoms with Crippen molar-refractivity contribution in [1.29, 1.82) is 0 Å². The highest BCUT2D eigenvalue weighted by Gasteiger charge is 2.21. The average molecular weight is 439 g/mol. The van der Waals surface area contributed by atoms with Gasteiger partial charge in [-0.25, -0.2) is 14.8 Å². The zero-order chi connectivity index (χ0) is 19.1. The molecule has 0 aliphatic heterocycles. The van der Waals surface area contributed by atoms with Crippen LogP contribution in [0.3, 0.4) is 0 Å². The van der Waals surface area contributed by atoms with E-state index in [1.807, 2.05) is 31.2 Å². The monoisotopic (exact) mass is 438 g/mol. The number of nitrogen functional groups attached to an aromatic ring is 1. The van der Waals surface area contributed by atoms with Gasteiger partial charge in [-0.05, 0) is 37.6 Å². The number of rotatable bonds is 7. The van der Waals surface area contributed by atoms with Crippen LogP contribution in [0, 0.1) is 0 Å². The number of benzene rings is 1. The minimum absolute atomic E-state index is 0.0316. The molecule has 1 unspecified atom stereocenters. The van der Waals surface area contributed by atoms with E-state index >= 15 is 0 Å². The summed E-state index contributed by atoms with van der Waals surface area (Å²) in [4.78, 5) is 32.4. The summed E-state index contributed by atoms with van der Waals surface area (Å²) in [7, 11) is 0. The predicted octanol–water partition coefficient (Wildman–Crippen LogP) is 3.51. The number of esters is 1. The van der Waals surface area contributed by atoms with Gasteiger partial charge in [0.05, 0.1) is 11.9 Å². The summed E-state index contributed by atoms with van der Waals surface area (Å²) in [6.45, 7) is 3.84. The van der Waals surface area contributed by atoms with Crippen LogP contribution in [0.5, 0.6) is 0 Å². The zero-order valence-electron chi connectivity index (χ0n) is 14.4. The van der Waals surface area contributed by atoms with Gasteiger partial charge in [-0.1, -0.05) is 34.6 Å². The van der Waals surface area contributed by atoms with Crippen LogP contribution in [0.2, 0.25) is 0 Å². The van der Waals surface area contributed by atoms with Crippen molar-refractivity contribution >= 4 is 51.1 Å². The number of carbonyl (C=O) groups excluding carboxylic acids is 2. The molecular weight excluding hydrogens is 420 g/mol. The molecule has 0 radical (unpaired) electrons. The first kappa shape index (κ1) is 20.2. The van der Waals surface area contributed by atoms with Crippen LogP contribution in [0.25, 0.3) is 0 Å². The number of nitrogens with one attached hydrogen (secondary N) is 1. The molecule has 2 aromatic rings. The molecule has 7 nitrogen and oxygen atoms in total. The lowest BCUT2D eigenvalue weighted by molar-refractivity contribution is -0.115. The van der Waals surface area contributed by atoms with Crippen molar-refractivity contribution in [3.05, 3.63) is 40.5 Å². The largest absolute Gasteiger partial charge is 0.462 e. The second-order valence-electron chi connectivity index (χ2n) is 5.18.